The number of carboxylic acids is 1. The van der Waals surface area contributed by atoms with Crippen LogP contribution in [-0.4, -0.2) is 49.5 Å². The van der Waals surface area contributed by atoms with Crippen LogP contribution in [0.1, 0.15) is 20.7 Å². The minimum Gasteiger partial charge on any atom is -0.478 e. The van der Waals surface area contributed by atoms with E-state index in [-0.39, 0.29) is 23.6 Å². The summed E-state index contributed by atoms with van der Waals surface area (Å²) in [5.74, 6) is -1.32. The molecule has 2 aromatic rings. The Balaban J connectivity index is 1.94. The molecule has 1 heterocycles. The number of carboxylic acid groups (broad SMARTS) is 1. The standard InChI is InChI=1S/C19H19NO5/c1-24-17-11-25-10-16(17)20-18(21)14-8-4-2-6-12(14)13-7-3-5-9-15(13)19(22)23/h2-9,16-17H,10-11H2,1H3,(H,20,21)(H,22,23)/t16-,17+/m0/s1. The average molecular weight is 341 g/mol. The van der Waals surface area contributed by atoms with E-state index < -0.39 is 5.97 Å². The average Bonchev–Trinajstić information content (AvgIpc) is 3.08. The lowest BCUT2D eigenvalue weighted by molar-refractivity contribution is 0.0684. The van der Waals surface area contributed by atoms with Crippen molar-refractivity contribution >= 4 is 11.9 Å². The zero-order valence-electron chi connectivity index (χ0n) is 13.8. The molecule has 6 nitrogen and oxygen atoms in total. The highest BCUT2D eigenvalue weighted by Crippen LogP contribution is 2.27. The Kier molecular flexibility index (Phi) is 5.11. The molecule has 0 aromatic heterocycles. The zero-order valence-corrected chi connectivity index (χ0v) is 13.8. The van der Waals surface area contributed by atoms with E-state index in [4.69, 9.17) is 9.47 Å². The third kappa shape index (κ3) is 3.55. The predicted molar refractivity (Wildman–Crippen MR) is 91.7 cm³/mol. The van der Waals surface area contributed by atoms with Crippen LogP contribution in [0.5, 0.6) is 0 Å². The fourth-order valence-corrected chi connectivity index (χ4v) is 2.97. The van der Waals surface area contributed by atoms with E-state index in [1.807, 2.05) is 0 Å². The highest BCUT2D eigenvalue weighted by Gasteiger charge is 2.30. The molecule has 0 radical (unpaired) electrons. The molecule has 0 aliphatic carbocycles. The summed E-state index contributed by atoms with van der Waals surface area (Å²) in [4.78, 5) is 24.3. The molecule has 1 aliphatic heterocycles. The first kappa shape index (κ1) is 17.1. The molecule has 6 heteroatoms. The second kappa shape index (κ2) is 7.46. The van der Waals surface area contributed by atoms with Crippen molar-refractivity contribution in [2.45, 2.75) is 12.1 Å². The molecule has 1 aliphatic rings. The lowest BCUT2D eigenvalue weighted by Crippen LogP contribution is -2.43. The van der Waals surface area contributed by atoms with Gasteiger partial charge in [0, 0.05) is 12.7 Å². The second-order valence-electron chi connectivity index (χ2n) is 5.79. The predicted octanol–water partition coefficient (Wildman–Crippen LogP) is 2.20. The number of nitrogens with one attached hydrogen (secondary N) is 1. The quantitative estimate of drug-likeness (QED) is 0.871. The van der Waals surface area contributed by atoms with Gasteiger partial charge in [-0.05, 0) is 23.3 Å². The zero-order chi connectivity index (χ0) is 17.8. The van der Waals surface area contributed by atoms with Gasteiger partial charge in [-0.3, -0.25) is 4.79 Å². The second-order valence-corrected chi connectivity index (χ2v) is 5.79. The number of carbonyl (C=O) groups is 2. The van der Waals surface area contributed by atoms with E-state index in [1.54, 1.807) is 49.6 Å². The minimum atomic E-state index is -1.03. The molecule has 2 aromatic carbocycles. The van der Waals surface area contributed by atoms with Crippen LogP contribution in [0.15, 0.2) is 48.5 Å². The first-order chi connectivity index (χ1) is 12.1. The molecular weight excluding hydrogens is 322 g/mol. The maximum atomic E-state index is 12.8. The molecular formula is C19H19NO5. The summed E-state index contributed by atoms with van der Waals surface area (Å²) in [7, 11) is 1.58. The van der Waals surface area contributed by atoms with E-state index in [0.717, 1.165) is 0 Å². The van der Waals surface area contributed by atoms with Crippen LogP contribution < -0.4 is 5.32 Å². The molecule has 1 fully saturated rings. The van der Waals surface area contributed by atoms with Crippen LogP contribution in [0.3, 0.4) is 0 Å². The third-order valence-corrected chi connectivity index (χ3v) is 4.27. The fourth-order valence-electron chi connectivity index (χ4n) is 2.97. The highest BCUT2D eigenvalue weighted by molar-refractivity contribution is 6.04. The molecule has 1 saturated heterocycles. The molecule has 2 atom stereocenters. The van der Waals surface area contributed by atoms with Gasteiger partial charge in [-0.2, -0.15) is 0 Å². The summed E-state index contributed by atoms with van der Waals surface area (Å²) >= 11 is 0. The number of carbonyl (C=O) groups excluding carboxylic acids is 1. The SMILES string of the molecule is CO[C@@H]1COC[C@@H]1NC(=O)c1ccccc1-c1ccccc1C(=O)O. The number of methoxy groups -OCH3 is 1. The van der Waals surface area contributed by atoms with Gasteiger partial charge in [0.15, 0.2) is 0 Å². The third-order valence-electron chi connectivity index (χ3n) is 4.27. The topological polar surface area (TPSA) is 84.9 Å². The number of ether oxygens (including phenoxy) is 2. The van der Waals surface area contributed by atoms with Crippen LogP contribution in [0.4, 0.5) is 0 Å². The Labute approximate surface area is 145 Å². The van der Waals surface area contributed by atoms with E-state index in [1.165, 1.54) is 6.07 Å². The lowest BCUT2D eigenvalue weighted by atomic mass is 9.95. The van der Waals surface area contributed by atoms with Crippen molar-refractivity contribution in [2.75, 3.05) is 20.3 Å². The van der Waals surface area contributed by atoms with Gasteiger partial charge in [0.05, 0.1) is 24.8 Å². The Morgan fingerprint density at radius 1 is 1.04 bits per heavy atom. The molecule has 0 saturated carbocycles. The molecule has 0 unspecified atom stereocenters. The number of benzene rings is 2. The van der Waals surface area contributed by atoms with Gasteiger partial charge in [0.2, 0.25) is 0 Å². The van der Waals surface area contributed by atoms with Crippen molar-refractivity contribution in [3.05, 3.63) is 59.7 Å². The van der Waals surface area contributed by atoms with E-state index in [0.29, 0.717) is 29.9 Å². The summed E-state index contributed by atoms with van der Waals surface area (Å²) in [5, 5.41) is 12.3. The minimum absolute atomic E-state index is 0.154. The Bertz CT molecular complexity index is 789. The van der Waals surface area contributed by atoms with Crippen LogP contribution in [-0.2, 0) is 9.47 Å². The number of rotatable bonds is 5. The Hall–Kier alpha value is -2.70. The molecule has 3 rings (SSSR count). The normalized spacial score (nSPS) is 19.6. The van der Waals surface area contributed by atoms with Gasteiger partial charge >= 0.3 is 5.97 Å². The number of amides is 1. The van der Waals surface area contributed by atoms with Crippen molar-refractivity contribution in [3.63, 3.8) is 0 Å². The monoisotopic (exact) mass is 341 g/mol. The highest BCUT2D eigenvalue weighted by atomic mass is 16.5. The van der Waals surface area contributed by atoms with Crippen LogP contribution >= 0.6 is 0 Å². The van der Waals surface area contributed by atoms with E-state index in [9.17, 15) is 14.7 Å². The first-order valence-electron chi connectivity index (χ1n) is 7.95. The number of aromatic carboxylic acids is 1. The molecule has 0 bridgehead atoms. The van der Waals surface area contributed by atoms with Crippen molar-refractivity contribution in [1.82, 2.24) is 5.32 Å². The van der Waals surface area contributed by atoms with Crippen LogP contribution in [0.2, 0.25) is 0 Å². The Morgan fingerprint density at radius 3 is 2.28 bits per heavy atom. The van der Waals surface area contributed by atoms with Crippen LogP contribution in [0, 0.1) is 0 Å². The largest absolute Gasteiger partial charge is 0.478 e. The summed E-state index contributed by atoms with van der Waals surface area (Å²) in [6.45, 7) is 0.822. The molecule has 25 heavy (non-hydrogen) atoms. The summed E-state index contributed by atoms with van der Waals surface area (Å²) in [6, 6.07) is 13.4. The van der Waals surface area contributed by atoms with Gasteiger partial charge < -0.3 is 19.9 Å². The number of hydrogen-bond acceptors (Lipinski definition) is 4. The number of hydrogen-bond donors (Lipinski definition) is 2. The molecule has 1 amide bonds. The van der Waals surface area contributed by atoms with Crippen molar-refractivity contribution in [1.29, 1.82) is 0 Å². The van der Waals surface area contributed by atoms with Gasteiger partial charge in [0.1, 0.15) is 6.10 Å². The Morgan fingerprint density at radius 2 is 1.64 bits per heavy atom. The molecule has 130 valence electrons. The maximum Gasteiger partial charge on any atom is 0.336 e. The summed E-state index contributed by atoms with van der Waals surface area (Å²) in [6.07, 6.45) is -0.192. The van der Waals surface area contributed by atoms with Gasteiger partial charge in [0.25, 0.3) is 5.91 Å². The lowest BCUT2D eigenvalue weighted by Gasteiger charge is -2.19. The van der Waals surface area contributed by atoms with Crippen molar-refractivity contribution < 1.29 is 24.2 Å². The maximum absolute atomic E-state index is 12.8. The van der Waals surface area contributed by atoms with E-state index in [2.05, 4.69) is 5.32 Å². The summed E-state index contributed by atoms with van der Waals surface area (Å²) < 4.78 is 10.7. The first-order valence-corrected chi connectivity index (χ1v) is 7.95. The van der Waals surface area contributed by atoms with Crippen LogP contribution in [0.25, 0.3) is 11.1 Å². The fraction of sp³-hybridized carbons (Fsp3) is 0.263. The van der Waals surface area contributed by atoms with Gasteiger partial charge in [-0.15, -0.1) is 0 Å². The van der Waals surface area contributed by atoms with Crippen molar-refractivity contribution in [3.8, 4) is 11.1 Å². The summed E-state index contributed by atoms with van der Waals surface area (Å²) in [5.41, 5.74) is 1.65. The van der Waals surface area contributed by atoms with Crippen molar-refractivity contribution in [2.24, 2.45) is 0 Å². The molecule has 2 N–H and O–H groups in total. The van der Waals surface area contributed by atoms with E-state index >= 15 is 0 Å². The van der Waals surface area contributed by atoms with Gasteiger partial charge in [-0.25, -0.2) is 4.79 Å². The smallest absolute Gasteiger partial charge is 0.336 e. The van der Waals surface area contributed by atoms with Gasteiger partial charge in [-0.1, -0.05) is 36.4 Å². The molecule has 0 spiro atoms.